The fourth-order valence-electron chi connectivity index (χ4n) is 3.03. The SMILES string of the molecule is CC(=O)OC1(Cc2ccccc2)CCN(C(=O)[C@@H](N)CS)CC1. The average molecular weight is 336 g/mol. The molecule has 1 fully saturated rings. The van der Waals surface area contributed by atoms with E-state index in [1.54, 1.807) is 4.90 Å². The van der Waals surface area contributed by atoms with E-state index in [1.165, 1.54) is 6.92 Å². The third-order valence-electron chi connectivity index (χ3n) is 4.23. The van der Waals surface area contributed by atoms with Gasteiger partial charge in [0.15, 0.2) is 0 Å². The first-order valence-electron chi connectivity index (χ1n) is 7.84. The van der Waals surface area contributed by atoms with E-state index < -0.39 is 11.6 Å². The molecule has 1 aromatic carbocycles. The molecule has 0 aliphatic carbocycles. The highest BCUT2D eigenvalue weighted by atomic mass is 32.1. The van der Waals surface area contributed by atoms with Crippen LogP contribution in [0.25, 0.3) is 0 Å². The van der Waals surface area contributed by atoms with Crippen LogP contribution in [-0.4, -0.2) is 47.3 Å². The van der Waals surface area contributed by atoms with Gasteiger partial charge in [-0.1, -0.05) is 30.3 Å². The maximum atomic E-state index is 12.2. The number of likely N-dealkylation sites (tertiary alicyclic amines) is 1. The lowest BCUT2D eigenvalue weighted by Gasteiger charge is -2.41. The van der Waals surface area contributed by atoms with Gasteiger partial charge >= 0.3 is 5.97 Å². The summed E-state index contributed by atoms with van der Waals surface area (Å²) in [6.45, 7) is 2.52. The minimum atomic E-state index is -0.575. The largest absolute Gasteiger partial charge is 0.459 e. The number of benzene rings is 1. The summed E-state index contributed by atoms with van der Waals surface area (Å²) in [4.78, 5) is 25.5. The highest BCUT2D eigenvalue weighted by Crippen LogP contribution is 2.31. The van der Waals surface area contributed by atoms with E-state index in [-0.39, 0.29) is 11.9 Å². The van der Waals surface area contributed by atoms with Crippen molar-refractivity contribution < 1.29 is 14.3 Å². The van der Waals surface area contributed by atoms with Crippen molar-refractivity contribution in [3.8, 4) is 0 Å². The minimum Gasteiger partial charge on any atom is -0.459 e. The molecular formula is C17H24N2O3S. The van der Waals surface area contributed by atoms with Gasteiger partial charge in [-0.3, -0.25) is 9.59 Å². The smallest absolute Gasteiger partial charge is 0.303 e. The number of piperidine rings is 1. The molecule has 5 nitrogen and oxygen atoms in total. The second kappa shape index (κ2) is 7.84. The van der Waals surface area contributed by atoms with Gasteiger partial charge in [-0.2, -0.15) is 12.6 Å². The molecule has 126 valence electrons. The van der Waals surface area contributed by atoms with Crippen molar-refractivity contribution in [2.45, 2.75) is 37.8 Å². The Kier molecular flexibility index (Phi) is 6.07. The first kappa shape index (κ1) is 17.8. The van der Waals surface area contributed by atoms with Crippen LogP contribution < -0.4 is 5.73 Å². The third-order valence-corrected chi connectivity index (χ3v) is 4.62. The van der Waals surface area contributed by atoms with E-state index in [4.69, 9.17) is 10.5 Å². The Morgan fingerprint density at radius 2 is 1.91 bits per heavy atom. The first-order chi connectivity index (χ1) is 11.0. The molecule has 0 aromatic heterocycles. The Labute approximate surface area is 142 Å². The molecule has 0 bridgehead atoms. The van der Waals surface area contributed by atoms with Crippen LogP contribution in [0.15, 0.2) is 30.3 Å². The van der Waals surface area contributed by atoms with Crippen LogP contribution in [0.1, 0.15) is 25.3 Å². The monoisotopic (exact) mass is 336 g/mol. The van der Waals surface area contributed by atoms with Crippen LogP contribution >= 0.6 is 12.6 Å². The van der Waals surface area contributed by atoms with E-state index >= 15 is 0 Å². The molecule has 1 aliphatic rings. The molecule has 2 N–H and O–H groups in total. The summed E-state index contributed by atoms with van der Waals surface area (Å²) in [7, 11) is 0. The van der Waals surface area contributed by atoms with Gasteiger partial charge in [0.1, 0.15) is 5.60 Å². The zero-order valence-electron chi connectivity index (χ0n) is 13.4. The van der Waals surface area contributed by atoms with Gasteiger partial charge in [-0.15, -0.1) is 0 Å². The molecule has 1 aromatic rings. The Bertz CT molecular complexity index is 542. The van der Waals surface area contributed by atoms with E-state index in [0.717, 1.165) is 5.56 Å². The molecule has 1 saturated heterocycles. The fourth-order valence-corrected chi connectivity index (χ4v) is 3.19. The number of rotatable bonds is 5. The second-order valence-corrected chi connectivity index (χ2v) is 6.42. The van der Waals surface area contributed by atoms with Crippen molar-refractivity contribution in [2.24, 2.45) is 5.73 Å². The maximum absolute atomic E-state index is 12.2. The number of carbonyl (C=O) groups excluding carboxylic acids is 2. The lowest BCUT2D eigenvalue weighted by atomic mass is 9.84. The first-order valence-corrected chi connectivity index (χ1v) is 8.48. The van der Waals surface area contributed by atoms with Crippen molar-refractivity contribution in [1.82, 2.24) is 4.90 Å². The van der Waals surface area contributed by atoms with Gasteiger partial charge in [0.2, 0.25) is 5.91 Å². The molecule has 0 unspecified atom stereocenters. The summed E-state index contributed by atoms with van der Waals surface area (Å²) < 4.78 is 5.67. The van der Waals surface area contributed by atoms with Crippen LogP contribution in [0.2, 0.25) is 0 Å². The Hall–Kier alpha value is -1.53. The van der Waals surface area contributed by atoms with Gasteiger partial charge in [0.05, 0.1) is 6.04 Å². The minimum absolute atomic E-state index is 0.0869. The van der Waals surface area contributed by atoms with Crippen LogP contribution in [0.3, 0.4) is 0 Å². The number of thiol groups is 1. The number of esters is 1. The highest BCUT2D eigenvalue weighted by molar-refractivity contribution is 7.80. The summed E-state index contributed by atoms with van der Waals surface area (Å²) in [6.07, 6.45) is 1.90. The number of amides is 1. The predicted molar refractivity (Wildman–Crippen MR) is 92.3 cm³/mol. The summed E-state index contributed by atoms with van der Waals surface area (Å²) >= 11 is 4.08. The fraction of sp³-hybridized carbons (Fsp3) is 0.529. The second-order valence-electron chi connectivity index (χ2n) is 6.05. The van der Waals surface area contributed by atoms with E-state index in [9.17, 15) is 9.59 Å². The molecule has 1 atom stereocenters. The molecule has 0 spiro atoms. The molecule has 1 heterocycles. The summed E-state index contributed by atoms with van der Waals surface area (Å²) in [6, 6.07) is 9.39. The van der Waals surface area contributed by atoms with Crippen LogP contribution in [0.5, 0.6) is 0 Å². The number of ether oxygens (including phenoxy) is 1. The predicted octanol–water partition coefficient (Wildman–Crippen LogP) is 1.41. The Morgan fingerprint density at radius 1 is 1.30 bits per heavy atom. The standard InChI is InChI=1S/C17H24N2O3S/c1-13(20)22-17(11-14-5-3-2-4-6-14)7-9-19(10-8-17)16(21)15(18)12-23/h2-6,15,23H,7-12,18H2,1H3/t15-/m0/s1. The van der Waals surface area contributed by atoms with Gasteiger partial charge in [0, 0.05) is 45.0 Å². The van der Waals surface area contributed by atoms with Crippen LogP contribution in [0, 0.1) is 0 Å². The molecule has 1 amide bonds. The van der Waals surface area contributed by atoms with Gasteiger partial charge < -0.3 is 15.4 Å². The van der Waals surface area contributed by atoms with Crippen LogP contribution in [-0.2, 0) is 20.7 Å². The lowest BCUT2D eigenvalue weighted by Crippen LogP contribution is -2.53. The van der Waals surface area contributed by atoms with E-state index in [1.807, 2.05) is 30.3 Å². The molecule has 1 aliphatic heterocycles. The van der Waals surface area contributed by atoms with Crippen molar-refractivity contribution in [2.75, 3.05) is 18.8 Å². The zero-order valence-corrected chi connectivity index (χ0v) is 14.3. The molecule has 2 rings (SSSR count). The quantitative estimate of drug-likeness (QED) is 0.630. The summed E-state index contributed by atoms with van der Waals surface area (Å²) in [5, 5.41) is 0. The average Bonchev–Trinajstić information content (AvgIpc) is 2.54. The lowest BCUT2D eigenvalue weighted by molar-refractivity contribution is -0.163. The molecule has 0 saturated carbocycles. The van der Waals surface area contributed by atoms with Crippen molar-refractivity contribution in [3.63, 3.8) is 0 Å². The highest BCUT2D eigenvalue weighted by Gasteiger charge is 2.39. The van der Waals surface area contributed by atoms with Gasteiger partial charge in [-0.05, 0) is 5.56 Å². The van der Waals surface area contributed by atoms with Crippen LogP contribution in [0.4, 0.5) is 0 Å². The number of hydrogen-bond acceptors (Lipinski definition) is 5. The zero-order chi connectivity index (χ0) is 16.9. The number of carbonyl (C=O) groups is 2. The molecule has 6 heteroatoms. The molecule has 0 radical (unpaired) electrons. The number of nitrogens with two attached hydrogens (primary N) is 1. The summed E-state index contributed by atoms with van der Waals surface area (Å²) in [5.41, 5.74) is 6.35. The van der Waals surface area contributed by atoms with E-state index in [2.05, 4.69) is 12.6 Å². The normalized spacial score (nSPS) is 18.3. The Morgan fingerprint density at radius 3 is 2.43 bits per heavy atom. The van der Waals surface area contributed by atoms with Crippen molar-refractivity contribution in [1.29, 1.82) is 0 Å². The Balaban J connectivity index is 2.07. The van der Waals surface area contributed by atoms with Gasteiger partial charge in [0.25, 0.3) is 0 Å². The van der Waals surface area contributed by atoms with Gasteiger partial charge in [-0.25, -0.2) is 0 Å². The van der Waals surface area contributed by atoms with Crippen molar-refractivity contribution >= 4 is 24.5 Å². The third kappa shape index (κ3) is 4.72. The number of nitrogens with zero attached hydrogens (tertiary/aromatic N) is 1. The summed E-state index contributed by atoms with van der Waals surface area (Å²) in [5.74, 6) is -0.0436. The van der Waals surface area contributed by atoms with E-state index in [0.29, 0.717) is 38.1 Å². The number of hydrogen-bond donors (Lipinski definition) is 2. The molecule has 23 heavy (non-hydrogen) atoms. The molecular weight excluding hydrogens is 312 g/mol. The van der Waals surface area contributed by atoms with Crippen molar-refractivity contribution in [3.05, 3.63) is 35.9 Å². The topological polar surface area (TPSA) is 72.6 Å². The maximum Gasteiger partial charge on any atom is 0.303 e.